The lowest BCUT2D eigenvalue weighted by atomic mass is 10.1. The van der Waals surface area contributed by atoms with Gasteiger partial charge in [-0.05, 0) is 55.3 Å². The van der Waals surface area contributed by atoms with E-state index in [1.807, 2.05) is 46.1 Å². The SMILES string of the molecule is C=CC(=O)N1CCCC(n2nc(-c3ccc(OCc4ccccc4F)cc3)c3cnccc32)C1. The van der Waals surface area contributed by atoms with E-state index in [4.69, 9.17) is 9.84 Å². The van der Waals surface area contributed by atoms with Gasteiger partial charge < -0.3 is 9.64 Å². The van der Waals surface area contributed by atoms with Crippen LogP contribution in [0.4, 0.5) is 4.39 Å². The number of nitrogens with zero attached hydrogens (tertiary/aromatic N) is 4. The first-order valence-corrected chi connectivity index (χ1v) is 11.3. The van der Waals surface area contributed by atoms with E-state index in [-0.39, 0.29) is 24.4 Å². The lowest BCUT2D eigenvalue weighted by Crippen LogP contribution is -2.40. The number of benzene rings is 2. The third-order valence-electron chi connectivity index (χ3n) is 6.22. The molecule has 0 bridgehead atoms. The number of amides is 1. The lowest BCUT2D eigenvalue weighted by molar-refractivity contribution is -0.127. The largest absolute Gasteiger partial charge is 0.489 e. The Kier molecular flexibility index (Phi) is 6.08. The fourth-order valence-electron chi connectivity index (χ4n) is 4.45. The summed E-state index contributed by atoms with van der Waals surface area (Å²) in [6.45, 7) is 5.12. The van der Waals surface area contributed by atoms with Crippen LogP contribution >= 0.6 is 0 Å². The maximum atomic E-state index is 13.8. The average molecular weight is 457 g/mol. The number of carbonyl (C=O) groups excluding carboxylic acids is 1. The van der Waals surface area contributed by atoms with E-state index in [1.165, 1.54) is 12.1 Å². The summed E-state index contributed by atoms with van der Waals surface area (Å²) in [5.41, 5.74) is 3.27. The van der Waals surface area contributed by atoms with Gasteiger partial charge in [0.2, 0.25) is 5.91 Å². The summed E-state index contributed by atoms with van der Waals surface area (Å²) in [5.74, 6) is 0.327. The van der Waals surface area contributed by atoms with Crippen LogP contribution in [0.15, 0.2) is 79.6 Å². The molecule has 1 saturated heterocycles. The first kappa shape index (κ1) is 21.8. The molecule has 1 aliphatic heterocycles. The third-order valence-corrected chi connectivity index (χ3v) is 6.22. The second kappa shape index (κ2) is 9.47. The molecule has 2 aromatic heterocycles. The van der Waals surface area contributed by atoms with Crippen molar-refractivity contribution < 1.29 is 13.9 Å². The highest BCUT2D eigenvalue weighted by molar-refractivity contribution is 5.93. The van der Waals surface area contributed by atoms with Crippen LogP contribution in [0, 0.1) is 5.82 Å². The third kappa shape index (κ3) is 4.29. The molecule has 0 N–H and O–H groups in total. The number of hydrogen-bond donors (Lipinski definition) is 0. The van der Waals surface area contributed by atoms with E-state index >= 15 is 0 Å². The first-order valence-electron chi connectivity index (χ1n) is 11.3. The Balaban J connectivity index is 1.40. The number of piperidine rings is 1. The van der Waals surface area contributed by atoms with Gasteiger partial charge in [-0.3, -0.25) is 14.5 Å². The first-order chi connectivity index (χ1) is 16.6. The maximum absolute atomic E-state index is 13.8. The highest BCUT2D eigenvalue weighted by atomic mass is 19.1. The van der Waals surface area contributed by atoms with Crippen LogP contribution < -0.4 is 4.74 Å². The molecule has 1 atom stereocenters. The van der Waals surface area contributed by atoms with Crippen LogP contribution in [0.2, 0.25) is 0 Å². The number of carbonyl (C=O) groups is 1. The van der Waals surface area contributed by atoms with Crippen molar-refractivity contribution >= 4 is 16.8 Å². The maximum Gasteiger partial charge on any atom is 0.246 e. The number of aromatic nitrogens is 3. The fraction of sp³-hybridized carbons (Fsp3) is 0.222. The number of ether oxygens (including phenoxy) is 1. The molecule has 0 radical (unpaired) electrons. The second-order valence-corrected chi connectivity index (χ2v) is 8.37. The molecule has 0 aliphatic carbocycles. The van der Waals surface area contributed by atoms with Gasteiger partial charge in [0.05, 0.1) is 11.6 Å². The van der Waals surface area contributed by atoms with Crippen molar-refractivity contribution in [2.75, 3.05) is 13.1 Å². The van der Waals surface area contributed by atoms with Gasteiger partial charge in [-0.1, -0.05) is 24.8 Å². The molecular weight excluding hydrogens is 431 g/mol. The molecule has 3 heterocycles. The molecule has 34 heavy (non-hydrogen) atoms. The van der Waals surface area contributed by atoms with Gasteiger partial charge in [0.15, 0.2) is 0 Å². The topological polar surface area (TPSA) is 60.2 Å². The normalized spacial score (nSPS) is 15.9. The summed E-state index contributed by atoms with van der Waals surface area (Å²) in [4.78, 5) is 18.3. The molecule has 1 amide bonds. The molecule has 5 rings (SSSR count). The number of fused-ring (bicyclic) bond motifs is 1. The van der Waals surface area contributed by atoms with Crippen molar-refractivity contribution in [1.29, 1.82) is 0 Å². The van der Waals surface area contributed by atoms with Crippen molar-refractivity contribution in [2.45, 2.75) is 25.5 Å². The zero-order valence-corrected chi connectivity index (χ0v) is 18.7. The molecular formula is C27H25FN4O2. The van der Waals surface area contributed by atoms with Crippen molar-refractivity contribution in [3.05, 3.63) is 91.0 Å². The Morgan fingerprint density at radius 2 is 2.00 bits per heavy atom. The number of pyridine rings is 1. The standard InChI is InChI=1S/C27H25FN4O2/c1-2-26(33)31-15-5-7-21(17-31)32-25-13-14-29-16-23(25)27(30-32)19-9-11-22(12-10-19)34-18-20-6-3-4-8-24(20)28/h2-4,6,8-14,16,21H,1,5,7,15,17-18H2. The molecule has 1 unspecified atom stereocenters. The summed E-state index contributed by atoms with van der Waals surface area (Å²) in [6, 6.07) is 16.3. The quantitative estimate of drug-likeness (QED) is 0.376. The molecule has 0 spiro atoms. The van der Waals surface area contributed by atoms with Crippen molar-refractivity contribution in [2.24, 2.45) is 0 Å². The van der Waals surface area contributed by atoms with Gasteiger partial charge in [-0.2, -0.15) is 5.10 Å². The van der Waals surface area contributed by atoms with E-state index in [1.54, 1.807) is 24.4 Å². The molecule has 0 saturated carbocycles. The van der Waals surface area contributed by atoms with Crippen LogP contribution in [0.5, 0.6) is 5.75 Å². The predicted molar refractivity (Wildman–Crippen MR) is 129 cm³/mol. The van der Waals surface area contributed by atoms with Crippen LogP contribution in [-0.4, -0.2) is 38.7 Å². The van der Waals surface area contributed by atoms with Gasteiger partial charge >= 0.3 is 0 Å². The zero-order valence-electron chi connectivity index (χ0n) is 18.7. The van der Waals surface area contributed by atoms with Crippen LogP contribution in [0.25, 0.3) is 22.2 Å². The highest BCUT2D eigenvalue weighted by Crippen LogP contribution is 2.32. The van der Waals surface area contributed by atoms with Crippen molar-refractivity contribution in [3.8, 4) is 17.0 Å². The molecule has 6 nitrogen and oxygen atoms in total. The predicted octanol–water partition coefficient (Wildman–Crippen LogP) is 5.17. The summed E-state index contributed by atoms with van der Waals surface area (Å²) < 4.78 is 21.6. The molecule has 172 valence electrons. The van der Waals surface area contributed by atoms with Gasteiger partial charge in [0.25, 0.3) is 0 Å². The Bertz CT molecular complexity index is 1330. The van der Waals surface area contributed by atoms with Crippen LogP contribution in [-0.2, 0) is 11.4 Å². The molecule has 1 fully saturated rings. The van der Waals surface area contributed by atoms with E-state index in [9.17, 15) is 9.18 Å². The van der Waals surface area contributed by atoms with Crippen molar-refractivity contribution in [1.82, 2.24) is 19.7 Å². The van der Waals surface area contributed by atoms with Crippen LogP contribution in [0.1, 0.15) is 24.4 Å². The van der Waals surface area contributed by atoms with E-state index < -0.39 is 0 Å². The molecule has 7 heteroatoms. The smallest absolute Gasteiger partial charge is 0.246 e. The van der Waals surface area contributed by atoms with Gasteiger partial charge in [-0.25, -0.2) is 4.39 Å². The summed E-state index contributed by atoms with van der Waals surface area (Å²) in [6.07, 6.45) is 6.82. The van der Waals surface area contributed by atoms with E-state index in [0.717, 1.165) is 41.5 Å². The fourth-order valence-corrected chi connectivity index (χ4v) is 4.45. The van der Waals surface area contributed by atoms with Crippen molar-refractivity contribution in [3.63, 3.8) is 0 Å². The lowest BCUT2D eigenvalue weighted by Gasteiger charge is -2.32. The Hall–Kier alpha value is -4.00. The summed E-state index contributed by atoms with van der Waals surface area (Å²) in [5, 5.41) is 5.91. The van der Waals surface area contributed by atoms with E-state index in [2.05, 4.69) is 11.6 Å². The van der Waals surface area contributed by atoms with Gasteiger partial charge in [-0.15, -0.1) is 0 Å². The highest BCUT2D eigenvalue weighted by Gasteiger charge is 2.26. The zero-order chi connectivity index (χ0) is 23.5. The Labute approximate surface area is 197 Å². The van der Waals surface area contributed by atoms with Gasteiger partial charge in [0.1, 0.15) is 23.9 Å². The molecule has 2 aromatic carbocycles. The minimum Gasteiger partial charge on any atom is -0.489 e. The van der Waals surface area contributed by atoms with E-state index in [0.29, 0.717) is 17.9 Å². The van der Waals surface area contributed by atoms with Crippen LogP contribution in [0.3, 0.4) is 0 Å². The second-order valence-electron chi connectivity index (χ2n) is 8.37. The average Bonchev–Trinajstić information content (AvgIpc) is 3.28. The summed E-state index contributed by atoms with van der Waals surface area (Å²) >= 11 is 0. The molecule has 4 aromatic rings. The number of hydrogen-bond acceptors (Lipinski definition) is 4. The Morgan fingerprint density at radius 3 is 2.79 bits per heavy atom. The number of likely N-dealkylation sites (tertiary alicyclic amines) is 1. The summed E-state index contributed by atoms with van der Waals surface area (Å²) in [7, 11) is 0. The Morgan fingerprint density at radius 1 is 1.18 bits per heavy atom. The number of rotatable bonds is 6. The monoisotopic (exact) mass is 456 g/mol. The molecule has 1 aliphatic rings. The minimum absolute atomic E-state index is 0.0472. The van der Waals surface area contributed by atoms with Gasteiger partial charge in [0, 0.05) is 42.0 Å². The number of halogens is 1. The minimum atomic E-state index is -0.278.